The molecule has 0 radical (unpaired) electrons. The van der Waals surface area contributed by atoms with E-state index in [9.17, 15) is 14.0 Å². The summed E-state index contributed by atoms with van der Waals surface area (Å²) in [7, 11) is 1.47. The van der Waals surface area contributed by atoms with E-state index in [-0.39, 0.29) is 24.1 Å². The van der Waals surface area contributed by atoms with E-state index in [1.54, 1.807) is 16.9 Å². The van der Waals surface area contributed by atoms with Gasteiger partial charge in [0.05, 0.1) is 42.5 Å². The quantitative estimate of drug-likeness (QED) is 0.372. The summed E-state index contributed by atoms with van der Waals surface area (Å²) in [5.41, 5.74) is 3.05. The highest BCUT2D eigenvalue weighted by atomic mass is 19.1. The van der Waals surface area contributed by atoms with Crippen LogP contribution >= 0.6 is 0 Å². The van der Waals surface area contributed by atoms with Crippen molar-refractivity contribution in [3.8, 4) is 11.4 Å². The van der Waals surface area contributed by atoms with Crippen molar-refractivity contribution < 1.29 is 18.7 Å². The van der Waals surface area contributed by atoms with Crippen molar-refractivity contribution in [3.05, 3.63) is 72.1 Å². The van der Waals surface area contributed by atoms with E-state index in [0.29, 0.717) is 34.5 Å². The fourth-order valence-corrected chi connectivity index (χ4v) is 3.73. The predicted molar refractivity (Wildman–Crippen MR) is 125 cm³/mol. The maximum absolute atomic E-state index is 14.1. The molecule has 0 fully saturated rings. The van der Waals surface area contributed by atoms with E-state index >= 15 is 0 Å². The van der Waals surface area contributed by atoms with Crippen molar-refractivity contribution in [3.63, 3.8) is 0 Å². The molecule has 2 N–H and O–H groups in total. The predicted octanol–water partition coefficient (Wildman–Crippen LogP) is 2.85. The van der Waals surface area contributed by atoms with Gasteiger partial charge in [0.15, 0.2) is 5.65 Å². The number of amides is 2. The average Bonchev–Trinajstić information content (AvgIpc) is 3.44. The number of pyridine rings is 1. The lowest BCUT2D eigenvalue weighted by atomic mass is 10.1. The lowest BCUT2D eigenvalue weighted by Crippen LogP contribution is -2.31. The van der Waals surface area contributed by atoms with Gasteiger partial charge in [0.25, 0.3) is 5.91 Å². The SMILES string of the molecule is COCCC(=O)NC(=O)c1c[nH]c2ncc(-c3nn(Cc4ccccn4)c4cc(F)ccc34)nc12. The molecular weight excluding hydrogens is 453 g/mol. The number of methoxy groups -OCH3 is 1. The Hall–Kier alpha value is -4.51. The molecule has 35 heavy (non-hydrogen) atoms. The van der Waals surface area contributed by atoms with Gasteiger partial charge in [0, 0.05) is 24.9 Å². The number of ether oxygens (including phenoxy) is 1. The number of hydrogen-bond acceptors (Lipinski definition) is 7. The fraction of sp³-hybridized carbons (Fsp3) is 0.167. The van der Waals surface area contributed by atoms with Gasteiger partial charge in [0.1, 0.15) is 22.7 Å². The lowest BCUT2D eigenvalue weighted by Gasteiger charge is -2.03. The summed E-state index contributed by atoms with van der Waals surface area (Å²) >= 11 is 0. The van der Waals surface area contributed by atoms with Crippen LogP contribution in [-0.4, -0.2) is 55.2 Å². The Balaban J connectivity index is 1.54. The Morgan fingerprint density at radius 1 is 1.20 bits per heavy atom. The van der Waals surface area contributed by atoms with Gasteiger partial charge in [-0.15, -0.1) is 0 Å². The first kappa shape index (κ1) is 22.3. The van der Waals surface area contributed by atoms with E-state index in [4.69, 9.17) is 4.74 Å². The number of fused-ring (bicyclic) bond motifs is 2. The molecule has 0 saturated heterocycles. The maximum atomic E-state index is 14.1. The highest BCUT2D eigenvalue weighted by molar-refractivity contribution is 6.11. The largest absolute Gasteiger partial charge is 0.384 e. The molecule has 0 spiro atoms. The number of H-pyrrole nitrogens is 1. The van der Waals surface area contributed by atoms with Crippen molar-refractivity contribution in [2.24, 2.45) is 0 Å². The van der Waals surface area contributed by atoms with Crippen molar-refractivity contribution >= 4 is 33.9 Å². The van der Waals surface area contributed by atoms with Gasteiger partial charge in [-0.3, -0.25) is 24.6 Å². The van der Waals surface area contributed by atoms with E-state index in [1.807, 2.05) is 18.2 Å². The molecule has 0 unspecified atom stereocenters. The van der Waals surface area contributed by atoms with Gasteiger partial charge in [-0.25, -0.2) is 14.4 Å². The van der Waals surface area contributed by atoms with Crippen LogP contribution < -0.4 is 5.32 Å². The Morgan fingerprint density at radius 3 is 2.89 bits per heavy atom. The highest BCUT2D eigenvalue weighted by Gasteiger charge is 2.20. The summed E-state index contributed by atoms with van der Waals surface area (Å²) in [6, 6.07) is 9.93. The minimum absolute atomic E-state index is 0.0534. The molecule has 0 saturated carbocycles. The zero-order chi connectivity index (χ0) is 24.4. The molecule has 11 heteroatoms. The number of imide groups is 1. The normalized spacial score (nSPS) is 11.3. The number of carbonyl (C=O) groups is 2. The molecule has 5 rings (SSSR count). The molecule has 5 aromatic rings. The van der Waals surface area contributed by atoms with Crippen LogP contribution in [0.4, 0.5) is 4.39 Å². The number of nitrogens with zero attached hydrogens (tertiary/aromatic N) is 5. The number of carbonyl (C=O) groups excluding carboxylic acids is 2. The Morgan fingerprint density at radius 2 is 2.09 bits per heavy atom. The van der Waals surface area contributed by atoms with Crippen LogP contribution in [0.5, 0.6) is 0 Å². The van der Waals surface area contributed by atoms with Gasteiger partial charge in [0.2, 0.25) is 5.91 Å². The molecular formula is C24H20FN7O3. The number of hydrogen-bond donors (Lipinski definition) is 2. The summed E-state index contributed by atoms with van der Waals surface area (Å²) in [5.74, 6) is -1.46. The third-order valence-corrected chi connectivity index (χ3v) is 5.41. The summed E-state index contributed by atoms with van der Waals surface area (Å²) in [6.45, 7) is 0.531. The van der Waals surface area contributed by atoms with Crippen molar-refractivity contribution in [2.75, 3.05) is 13.7 Å². The zero-order valence-corrected chi connectivity index (χ0v) is 18.7. The second kappa shape index (κ2) is 9.39. The summed E-state index contributed by atoms with van der Waals surface area (Å²) in [6.07, 6.45) is 4.71. The first-order valence-corrected chi connectivity index (χ1v) is 10.8. The van der Waals surface area contributed by atoms with Crippen LogP contribution in [0, 0.1) is 5.82 Å². The first-order valence-electron chi connectivity index (χ1n) is 10.8. The molecule has 4 aromatic heterocycles. The minimum atomic E-state index is -0.601. The molecule has 0 bridgehead atoms. The molecule has 0 aliphatic carbocycles. The Kier molecular flexibility index (Phi) is 5.98. The number of benzene rings is 1. The van der Waals surface area contributed by atoms with Crippen molar-refractivity contribution in [2.45, 2.75) is 13.0 Å². The van der Waals surface area contributed by atoms with Crippen LogP contribution in [0.2, 0.25) is 0 Å². The molecule has 0 atom stereocenters. The highest BCUT2D eigenvalue weighted by Crippen LogP contribution is 2.29. The zero-order valence-electron chi connectivity index (χ0n) is 18.7. The van der Waals surface area contributed by atoms with E-state index < -0.39 is 17.6 Å². The van der Waals surface area contributed by atoms with Gasteiger partial charge in [-0.2, -0.15) is 5.10 Å². The van der Waals surface area contributed by atoms with Gasteiger partial charge in [-0.05, 0) is 30.3 Å². The number of rotatable bonds is 7. The van der Waals surface area contributed by atoms with Gasteiger partial charge < -0.3 is 9.72 Å². The third-order valence-electron chi connectivity index (χ3n) is 5.41. The van der Waals surface area contributed by atoms with Gasteiger partial charge >= 0.3 is 0 Å². The van der Waals surface area contributed by atoms with Crippen LogP contribution in [-0.2, 0) is 16.1 Å². The number of nitrogens with one attached hydrogen (secondary N) is 2. The second-order valence-electron chi connectivity index (χ2n) is 7.76. The second-order valence-corrected chi connectivity index (χ2v) is 7.76. The van der Waals surface area contributed by atoms with Crippen LogP contribution in [0.25, 0.3) is 33.5 Å². The maximum Gasteiger partial charge on any atom is 0.261 e. The number of aromatic nitrogens is 6. The minimum Gasteiger partial charge on any atom is -0.384 e. The van der Waals surface area contributed by atoms with E-state index in [0.717, 1.165) is 5.69 Å². The third kappa shape index (κ3) is 4.49. The Labute approximate surface area is 198 Å². The topological polar surface area (TPSA) is 128 Å². The average molecular weight is 473 g/mol. The molecule has 176 valence electrons. The lowest BCUT2D eigenvalue weighted by molar-refractivity contribution is -0.121. The molecule has 1 aromatic carbocycles. The molecule has 4 heterocycles. The number of aromatic amines is 1. The van der Waals surface area contributed by atoms with Gasteiger partial charge in [-0.1, -0.05) is 6.07 Å². The Bertz CT molecular complexity index is 1550. The first-order chi connectivity index (χ1) is 17.0. The standard InChI is InChI=1S/C24H20FN7O3/c1-35-9-7-20(33)30-24(34)17-11-27-23-22(17)29-18(12-28-23)21-16-6-5-14(25)10-19(16)32(31-21)13-15-4-2-3-8-26-15/h2-6,8,10-12H,7,9,13H2,1H3,(H,27,28)(H,30,33,34). The summed E-state index contributed by atoms with van der Waals surface area (Å²) < 4.78 is 20.6. The molecule has 2 amide bonds. The molecule has 10 nitrogen and oxygen atoms in total. The van der Waals surface area contributed by atoms with Crippen molar-refractivity contribution in [1.29, 1.82) is 0 Å². The molecule has 0 aliphatic rings. The van der Waals surface area contributed by atoms with E-state index in [1.165, 1.54) is 31.6 Å². The van der Waals surface area contributed by atoms with Crippen molar-refractivity contribution in [1.82, 2.24) is 35.0 Å². The van der Waals surface area contributed by atoms with Crippen LogP contribution in [0.3, 0.4) is 0 Å². The molecule has 0 aliphatic heterocycles. The summed E-state index contributed by atoms with van der Waals surface area (Å²) in [5, 5.41) is 7.67. The van der Waals surface area contributed by atoms with Crippen LogP contribution in [0.1, 0.15) is 22.5 Å². The smallest absolute Gasteiger partial charge is 0.261 e. The summed E-state index contributed by atoms with van der Waals surface area (Å²) in [4.78, 5) is 40.8. The van der Waals surface area contributed by atoms with Crippen LogP contribution in [0.15, 0.2) is 55.0 Å². The fourth-order valence-electron chi connectivity index (χ4n) is 3.73. The number of halogens is 1. The monoisotopic (exact) mass is 473 g/mol. The van der Waals surface area contributed by atoms with E-state index in [2.05, 4.69) is 30.4 Å².